The van der Waals surface area contributed by atoms with E-state index < -0.39 is 23.3 Å². The second kappa shape index (κ2) is 9.38. The molecule has 1 aliphatic carbocycles. The van der Waals surface area contributed by atoms with Gasteiger partial charge in [0.1, 0.15) is 5.54 Å². The van der Waals surface area contributed by atoms with Crippen molar-refractivity contribution >= 4 is 11.9 Å². The largest absolute Gasteiger partial charge is 0.455 e. The summed E-state index contributed by atoms with van der Waals surface area (Å²) in [5.74, 6) is -1.08. The molecule has 2 rings (SSSR count). The van der Waals surface area contributed by atoms with Gasteiger partial charge >= 0.3 is 5.97 Å². The Morgan fingerprint density at radius 1 is 1.23 bits per heavy atom. The Bertz CT molecular complexity index is 645. The molecular formula is C21H28N2O3. The smallest absolute Gasteiger partial charge is 0.314 e. The summed E-state index contributed by atoms with van der Waals surface area (Å²) in [6.07, 6.45) is 5.08. The fraction of sp³-hybridized carbons (Fsp3) is 0.571. The van der Waals surface area contributed by atoms with Gasteiger partial charge in [-0.05, 0) is 24.3 Å². The van der Waals surface area contributed by atoms with E-state index in [0.717, 1.165) is 31.2 Å². The summed E-state index contributed by atoms with van der Waals surface area (Å²) in [5, 5.41) is 12.2. The number of benzene rings is 1. The van der Waals surface area contributed by atoms with Crippen LogP contribution in [0.2, 0.25) is 0 Å². The van der Waals surface area contributed by atoms with Crippen molar-refractivity contribution < 1.29 is 14.3 Å². The molecule has 1 amide bonds. The number of carbonyl (C=O) groups is 2. The highest BCUT2D eigenvalue weighted by Gasteiger charge is 2.34. The lowest BCUT2D eigenvalue weighted by molar-refractivity contribution is -0.151. The summed E-state index contributed by atoms with van der Waals surface area (Å²) >= 11 is 0. The minimum Gasteiger partial charge on any atom is -0.455 e. The summed E-state index contributed by atoms with van der Waals surface area (Å²) < 4.78 is 5.31. The first-order valence-corrected chi connectivity index (χ1v) is 9.45. The van der Waals surface area contributed by atoms with Crippen molar-refractivity contribution in [2.24, 2.45) is 5.92 Å². The normalized spacial score (nSPS) is 18.2. The molecule has 0 aliphatic heterocycles. The summed E-state index contributed by atoms with van der Waals surface area (Å²) in [5.41, 5.74) is 0.0881. The quantitative estimate of drug-likeness (QED) is 0.756. The van der Waals surface area contributed by atoms with E-state index in [4.69, 9.17) is 4.74 Å². The van der Waals surface area contributed by atoms with E-state index in [-0.39, 0.29) is 12.5 Å². The third-order valence-electron chi connectivity index (χ3n) is 5.27. The van der Waals surface area contributed by atoms with Gasteiger partial charge in [0.15, 0.2) is 6.61 Å². The molecule has 0 heterocycles. The summed E-state index contributed by atoms with van der Waals surface area (Å²) in [6, 6.07) is 11.7. The number of carbonyl (C=O) groups excluding carboxylic acids is 2. The van der Waals surface area contributed by atoms with Crippen LogP contribution in [0.15, 0.2) is 30.3 Å². The van der Waals surface area contributed by atoms with Gasteiger partial charge in [0.2, 0.25) is 0 Å². The molecule has 0 saturated heterocycles. The van der Waals surface area contributed by atoms with Crippen molar-refractivity contribution in [2.45, 2.75) is 63.8 Å². The average molecular weight is 356 g/mol. The maximum atomic E-state index is 12.6. The van der Waals surface area contributed by atoms with E-state index in [1.54, 1.807) is 0 Å². The van der Waals surface area contributed by atoms with Crippen LogP contribution in [-0.4, -0.2) is 24.0 Å². The number of nitrogens with one attached hydrogen (secondary N) is 1. The molecule has 2 atom stereocenters. The Balaban J connectivity index is 1.97. The third kappa shape index (κ3) is 5.08. The Labute approximate surface area is 155 Å². The van der Waals surface area contributed by atoms with Crippen LogP contribution < -0.4 is 5.32 Å². The summed E-state index contributed by atoms with van der Waals surface area (Å²) in [7, 11) is 0. The lowest BCUT2D eigenvalue weighted by atomic mass is 9.83. The number of amides is 1. The highest BCUT2D eigenvalue weighted by atomic mass is 16.5. The predicted octanol–water partition coefficient (Wildman–Crippen LogP) is 3.70. The molecule has 0 radical (unpaired) electrons. The van der Waals surface area contributed by atoms with Gasteiger partial charge in [-0.2, -0.15) is 5.26 Å². The van der Waals surface area contributed by atoms with Crippen molar-refractivity contribution in [2.75, 3.05) is 6.61 Å². The van der Waals surface area contributed by atoms with Crippen molar-refractivity contribution in [1.29, 1.82) is 5.26 Å². The van der Waals surface area contributed by atoms with Crippen LogP contribution in [0.5, 0.6) is 0 Å². The SMILES string of the molecule is CC[C@H](C)[C@H](C(=O)OCC(=O)NC1(C#N)CCCCC1)c1ccccc1. The summed E-state index contributed by atoms with van der Waals surface area (Å²) in [4.78, 5) is 24.9. The molecule has 5 heteroatoms. The number of nitrogens with zero attached hydrogens (tertiary/aromatic N) is 1. The number of esters is 1. The van der Waals surface area contributed by atoms with Gasteiger partial charge in [0, 0.05) is 0 Å². The van der Waals surface area contributed by atoms with Crippen LogP contribution in [0.4, 0.5) is 0 Å². The molecular weight excluding hydrogens is 328 g/mol. The number of rotatable bonds is 7. The first-order chi connectivity index (χ1) is 12.5. The monoisotopic (exact) mass is 356 g/mol. The Kier molecular flexibility index (Phi) is 7.20. The standard InChI is InChI=1S/C21H28N2O3/c1-3-16(2)19(17-10-6-4-7-11-17)20(25)26-14-18(24)23-21(15-22)12-8-5-9-13-21/h4,6-7,10-11,16,19H,3,5,8-9,12-14H2,1-2H3,(H,23,24)/t16-,19-/m0/s1. The van der Waals surface area contributed by atoms with Crippen LogP contribution in [0.25, 0.3) is 0 Å². The van der Waals surface area contributed by atoms with Crippen molar-refractivity contribution in [3.8, 4) is 6.07 Å². The van der Waals surface area contributed by atoms with Gasteiger partial charge in [-0.3, -0.25) is 9.59 Å². The zero-order valence-corrected chi connectivity index (χ0v) is 15.7. The number of nitriles is 1. The van der Waals surface area contributed by atoms with E-state index in [1.165, 1.54) is 0 Å². The second-order valence-corrected chi connectivity index (χ2v) is 7.18. The number of hydrogen-bond donors (Lipinski definition) is 1. The Morgan fingerprint density at radius 2 is 1.88 bits per heavy atom. The molecule has 1 fully saturated rings. The van der Waals surface area contributed by atoms with Crippen molar-refractivity contribution in [3.05, 3.63) is 35.9 Å². The van der Waals surface area contributed by atoms with E-state index in [1.807, 2.05) is 44.2 Å². The molecule has 1 aromatic carbocycles. The molecule has 140 valence electrons. The van der Waals surface area contributed by atoms with Crippen LogP contribution in [0.1, 0.15) is 63.9 Å². The highest BCUT2D eigenvalue weighted by molar-refractivity contribution is 5.84. The van der Waals surface area contributed by atoms with E-state index in [9.17, 15) is 14.9 Å². The van der Waals surface area contributed by atoms with Crippen LogP contribution in [-0.2, 0) is 14.3 Å². The highest BCUT2D eigenvalue weighted by Crippen LogP contribution is 2.29. The average Bonchev–Trinajstić information content (AvgIpc) is 2.68. The molecule has 0 bridgehead atoms. The van der Waals surface area contributed by atoms with Crippen LogP contribution in [0, 0.1) is 17.2 Å². The van der Waals surface area contributed by atoms with E-state index >= 15 is 0 Å². The minimum atomic E-state index is -0.808. The van der Waals surface area contributed by atoms with Gasteiger partial charge in [0.05, 0.1) is 12.0 Å². The lowest BCUT2D eigenvalue weighted by Gasteiger charge is -2.31. The summed E-state index contributed by atoms with van der Waals surface area (Å²) in [6.45, 7) is 3.69. The fourth-order valence-electron chi connectivity index (χ4n) is 3.54. The van der Waals surface area contributed by atoms with E-state index in [2.05, 4.69) is 11.4 Å². The second-order valence-electron chi connectivity index (χ2n) is 7.18. The molecule has 0 spiro atoms. The molecule has 1 aromatic rings. The Morgan fingerprint density at radius 3 is 2.46 bits per heavy atom. The lowest BCUT2D eigenvalue weighted by Crippen LogP contribution is -2.50. The van der Waals surface area contributed by atoms with Gasteiger partial charge in [-0.25, -0.2) is 0 Å². The first kappa shape index (κ1) is 20.0. The molecule has 5 nitrogen and oxygen atoms in total. The fourth-order valence-corrected chi connectivity index (χ4v) is 3.54. The van der Waals surface area contributed by atoms with Crippen LogP contribution >= 0.6 is 0 Å². The topological polar surface area (TPSA) is 79.2 Å². The van der Waals surface area contributed by atoms with Gasteiger partial charge < -0.3 is 10.1 Å². The zero-order valence-electron chi connectivity index (χ0n) is 15.7. The van der Waals surface area contributed by atoms with E-state index in [0.29, 0.717) is 12.8 Å². The number of hydrogen-bond acceptors (Lipinski definition) is 4. The molecule has 0 unspecified atom stereocenters. The van der Waals surface area contributed by atoms with Crippen molar-refractivity contribution in [3.63, 3.8) is 0 Å². The molecule has 26 heavy (non-hydrogen) atoms. The molecule has 0 aromatic heterocycles. The van der Waals surface area contributed by atoms with Crippen LogP contribution in [0.3, 0.4) is 0 Å². The molecule has 1 saturated carbocycles. The molecule has 1 aliphatic rings. The first-order valence-electron chi connectivity index (χ1n) is 9.45. The van der Waals surface area contributed by atoms with Gasteiger partial charge in [-0.1, -0.05) is 69.9 Å². The number of ether oxygens (including phenoxy) is 1. The van der Waals surface area contributed by atoms with Gasteiger partial charge in [-0.15, -0.1) is 0 Å². The molecule has 1 N–H and O–H groups in total. The Hall–Kier alpha value is -2.35. The minimum absolute atomic E-state index is 0.108. The zero-order chi connectivity index (χ0) is 19.0. The maximum Gasteiger partial charge on any atom is 0.314 e. The van der Waals surface area contributed by atoms with Crippen molar-refractivity contribution in [1.82, 2.24) is 5.32 Å². The van der Waals surface area contributed by atoms with Gasteiger partial charge in [0.25, 0.3) is 5.91 Å². The maximum absolute atomic E-state index is 12.6. The predicted molar refractivity (Wildman–Crippen MR) is 99.2 cm³/mol. The third-order valence-corrected chi connectivity index (χ3v) is 5.27.